The number of hydrogen-bond acceptors (Lipinski definition) is 5. The SMILES string of the molecule is COCC1(n2nc(Br)c(C#N)c2NC=O)CCCN1C(=O)O. The molecule has 1 aromatic heterocycles. The van der Waals surface area contributed by atoms with Crippen molar-refractivity contribution in [2.75, 3.05) is 25.6 Å². The molecule has 1 aromatic rings. The van der Waals surface area contributed by atoms with Gasteiger partial charge in [0.1, 0.15) is 16.2 Å². The number of carbonyl (C=O) groups is 2. The summed E-state index contributed by atoms with van der Waals surface area (Å²) in [5.74, 6) is 0.134. The molecular formula is C12H14BrN5O4. The van der Waals surface area contributed by atoms with E-state index >= 15 is 0 Å². The summed E-state index contributed by atoms with van der Waals surface area (Å²) in [4.78, 5) is 23.6. The Balaban J connectivity index is 2.66. The van der Waals surface area contributed by atoms with E-state index in [0.717, 1.165) is 0 Å². The number of rotatable bonds is 5. The van der Waals surface area contributed by atoms with Gasteiger partial charge in [-0.1, -0.05) is 0 Å². The van der Waals surface area contributed by atoms with E-state index in [1.165, 1.54) is 16.7 Å². The number of halogens is 1. The van der Waals surface area contributed by atoms with Gasteiger partial charge >= 0.3 is 6.09 Å². The van der Waals surface area contributed by atoms with Crippen molar-refractivity contribution in [2.45, 2.75) is 18.5 Å². The number of carbonyl (C=O) groups excluding carboxylic acids is 1. The lowest BCUT2D eigenvalue weighted by molar-refractivity contribution is -0.105. The van der Waals surface area contributed by atoms with Crippen LogP contribution in [0.1, 0.15) is 18.4 Å². The molecule has 1 unspecified atom stereocenters. The Morgan fingerprint density at radius 3 is 3.00 bits per heavy atom. The van der Waals surface area contributed by atoms with Crippen molar-refractivity contribution < 1.29 is 19.4 Å². The molecule has 9 nitrogen and oxygen atoms in total. The molecule has 22 heavy (non-hydrogen) atoms. The number of ether oxygens (including phenoxy) is 1. The first kappa shape index (κ1) is 16.3. The molecule has 0 bridgehead atoms. The lowest BCUT2D eigenvalue weighted by Gasteiger charge is -2.37. The van der Waals surface area contributed by atoms with Crippen LogP contribution in [0.25, 0.3) is 0 Å². The lowest BCUT2D eigenvalue weighted by Crippen LogP contribution is -2.52. The number of aromatic nitrogens is 2. The van der Waals surface area contributed by atoms with Crippen LogP contribution >= 0.6 is 15.9 Å². The van der Waals surface area contributed by atoms with Gasteiger partial charge in [-0.3, -0.25) is 9.69 Å². The van der Waals surface area contributed by atoms with Gasteiger partial charge in [0.05, 0.1) is 6.61 Å². The van der Waals surface area contributed by atoms with Gasteiger partial charge in [0, 0.05) is 13.7 Å². The molecule has 0 radical (unpaired) electrons. The van der Waals surface area contributed by atoms with Gasteiger partial charge in [-0.2, -0.15) is 10.4 Å². The lowest BCUT2D eigenvalue weighted by atomic mass is 10.1. The first-order chi connectivity index (χ1) is 10.5. The maximum Gasteiger partial charge on any atom is 0.409 e. The molecule has 0 saturated carbocycles. The van der Waals surface area contributed by atoms with E-state index in [2.05, 4.69) is 26.3 Å². The molecule has 10 heteroatoms. The Hall–Kier alpha value is -2.12. The van der Waals surface area contributed by atoms with Crippen LogP contribution in [0.3, 0.4) is 0 Å². The second kappa shape index (κ2) is 6.33. The van der Waals surface area contributed by atoms with Crippen LogP contribution in [0.5, 0.6) is 0 Å². The number of anilines is 1. The zero-order valence-corrected chi connectivity index (χ0v) is 13.3. The summed E-state index contributed by atoms with van der Waals surface area (Å²) in [6.07, 6.45) is 0.382. The number of nitrogens with zero attached hydrogens (tertiary/aromatic N) is 4. The molecule has 118 valence electrons. The molecule has 1 fully saturated rings. The third-order valence-electron chi connectivity index (χ3n) is 3.61. The Bertz CT molecular complexity index is 640. The molecule has 0 spiro atoms. The summed E-state index contributed by atoms with van der Waals surface area (Å²) in [6.45, 7) is 0.365. The van der Waals surface area contributed by atoms with Gasteiger partial charge in [0.15, 0.2) is 11.5 Å². The highest BCUT2D eigenvalue weighted by Crippen LogP contribution is 2.39. The molecular weight excluding hydrogens is 358 g/mol. The molecule has 2 N–H and O–H groups in total. The van der Waals surface area contributed by atoms with Gasteiger partial charge in [-0.15, -0.1) is 0 Å². The Morgan fingerprint density at radius 1 is 1.73 bits per heavy atom. The number of methoxy groups -OCH3 is 1. The van der Waals surface area contributed by atoms with Gasteiger partial charge in [-0.25, -0.2) is 9.48 Å². The summed E-state index contributed by atoms with van der Waals surface area (Å²) >= 11 is 3.16. The maximum atomic E-state index is 11.6. The molecule has 1 aliphatic heterocycles. The molecule has 1 aliphatic rings. The van der Waals surface area contributed by atoms with E-state index in [4.69, 9.17) is 4.74 Å². The average Bonchev–Trinajstić information content (AvgIpc) is 3.02. The zero-order chi connectivity index (χ0) is 16.3. The van der Waals surface area contributed by atoms with Crippen molar-refractivity contribution in [1.82, 2.24) is 14.7 Å². The highest BCUT2D eigenvalue weighted by atomic mass is 79.9. The van der Waals surface area contributed by atoms with Crippen molar-refractivity contribution in [2.24, 2.45) is 0 Å². The van der Waals surface area contributed by atoms with E-state index in [9.17, 15) is 20.0 Å². The van der Waals surface area contributed by atoms with E-state index in [1.807, 2.05) is 6.07 Å². The third kappa shape index (κ3) is 2.42. The third-order valence-corrected chi connectivity index (χ3v) is 4.17. The number of likely N-dealkylation sites (tertiary alicyclic amines) is 1. The van der Waals surface area contributed by atoms with Crippen LogP contribution in [-0.4, -0.2) is 52.6 Å². The van der Waals surface area contributed by atoms with Crippen LogP contribution in [0.2, 0.25) is 0 Å². The largest absolute Gasteiger partial charge is 0.465 e. The first-order valence-electron chi connectivity index (χ1n) is 6.40. The van der Waals surface area contributed by atoms with E-state index in [1.54, 1.807) is 0 Å². The fourth-order valence-electron chi connectivity index (χ4n) is 2.78. The Morgan fingerprint density at radius 2 is 2.45 bits per heavy atom. The number of nitriles is 1. The molecule has 2 amide bonds. The van der Waals surface area contributed by atoms with Crippen molar-refractivity contribution in [3.8, 4) is 6.07 Å². The van der Waals surface area contributed by atoms with E-state index in [0.29, 0.717) is 25.8 Å². The molecule has 1 saturated heterocycles. The fourth-order valence-corrected chi connectivity index (χ4v) is 3.22. The Labute approximate surface area is 134 Å². The molecule has 0 aromatic carbocycles. The minimum atomic E-state index is -1.11. The molecule has 1 atom stereocenters. The summed E-state index contributed by atoms with van der Waals surface area (Å²) in [6, 6.07) is 1.94. The van der Waals surface area contributed by atoms with Crippen LogP contribution in [0.15, 0.2) is 4.60 Å². The summed E-state index contributed by atoms with van der Waals surface area (Å²) in [7, 11) is 1.46. The summed E-state index contributed by atoms with van der Waals surface area (Å²) in [5.41, 5.74) is -0.983. The Kier molecular flexibility index (Phi) is 4.68. The van der Waals surface area contributed by atoms with Crippen LogP contribution in [-0.2, 0) is 15.2 Å². The zero-order valence-electron chi connectivity index (χ0n) is 11.7. The number of hydrogen-bond donors (Lipinski definition) is 2. The van der Waals surface area contributed by atoms with Crippen LogP contribution < -0.4 is 5.32 Å². The topological polar surface area (TPSA) is 120 Å². The van der Waals surface area contributed by atoms with Crippen LogP contribution in [0, 0.1) is 11.3 Å². The second-order valence-corrected chi connectivity index (χ2v) is 5.50. The monoisotopic (exact) mass is 371 g/mol. The van der Waals surface area contributed by atoms with E-state index in [-0.39, 0.29) is 22.6 Å². The summed E-state index contributed by atoms with van der Waals surface area (Å²) in [5, 5.41) is 25.3. The van der Waals surface area contributed by atoms with Crippen LogP contribution in [0.4, 0.5) is 10.6 Å². The van der Waals surface area contributed by atoms with Gasteiger partial charge in [0.25, 0.3) is 0 Å². The van der Waals surface area contributed by atoms with Gasteiger partial charge in [0.2, 0.25) is 6.41 Å². The maximum absolute atomic E-state index is 11.6. The number of amides is 2. The van der Waals surface area contributed by atoms with Crippen molar-refractivity contribution >= 4 is 34.3 Å². The highest BCUT2D eigenvalue weighted by Gasteiger charge is 2.48. The highest BCUT2D eigenvalue weighted by molar-refractivity contribution is 9.10. The molecule has 2 rings (SSSR count). The van der Waals surface area contributed by atoms with Gasteiger partial charge < -0.3 is 15.2 Å². The number of carboxylic acid groups (broad SMARTS) is 1. The predicted octanol–water partition coefficient (Wildman–Crippen LogP) is 1.16. The van der Waals surface area contributed by atoms with Crippen molar-refractivity contribution in [3.63, 3.8) is 0 Å². The predicted molar refractivity (Wildman–Crippen MR) is 78.1 cm³/mol. The standard InChI is InChI=1S/C12H14BrN5O4/c1-22-6-12(3-2-4-17(12)11(20)21)18-10(15-7-19)8(5-14)9(13)16-18/h7H,2-4,6H2,1H3,(H,15,19)(H,20,21). The van der Waals surface area contributed by atoms with Crippen molar-refractivity contribution in [3.05, 3.63) is 10.2 Å². The average molecular weight is 372 g/mol. The van der Waals surface area contributed by atoms with Gasteiger partial charge in [-0.05, 0) is 28.8 Å². The number of nitrogens with one attached hydrogen (secondary N) is 1. The minimum Gasteiger partial charge on any atom is -0.465 e. The molecule has 2 heterocycles. The fraction of sp³-hybridized carbons (Fsp3) is 0.500. The quantitative estimate of drug-likeness (QED) is 0.749. The normalized spacial score (nSPS) is 20.7. The molecule has 0 aliphatic carbocycles. The second-order valence-electron chi connectivity index (χ2n) is 4.75. The smallest absolute Gasteiger partial charge is 0.409 e. The summed E-state index contributed by atoms with van der Waals surface area (Å²) < 4.78 is 6.77. The van der Waals surface area contributed by atoms with Crippen molar-refractivity contribution in [1.29, 1.82) is 5.26 Å². The minimum absolute atomic E-state index is 0.0474. The van der Waals surface area contributed by atoms with E-state index < -0.39 is 11.8 Å². The first-order valence-corrected chi connectivity index (χ1v) is 7.20.